The number of hydrogen-bond donors (Lipinski definition) is 3. The predicted molar refractivity (Wildman–Crippen MR) is 130 cm³/mol. The molecular formula is C26H27N3O4. The zero-order valence-electron chi connectivity index (χ0n) is 18.8. The maximum atomic E-state index is 12.7. The van der Waals surface area contributed by atoms with Crippen LogP contribution >= 0.6 is 0 Å². The lowest BCUT2D eigenvalue weighted by Gasteiger charge is -2.20. The second kappa shape index (κ2) is 9.99. The van der Waals surface area contributed by atoms with E-state index in [1.54, 1.807) is 27.4 Å². The summed E-state index contributed by atoms with van der Waals surface area (Å²) < 4.78 is 16.1. The molecule has 0 saturated carbocycles. The summed E-state index contributed by atoms with van der Waals surface area (Å²) in [4.78, 5) is 16.0. The zero-order chi connectivity index (χ0) is 23.2. The topological polar surface area (TPSA) is 84.6 Å². The molecule has 0 spiro atoms. The highest BCUT2D eigenvalue weighted by Crippen LogP contribution is 2.35. The summed E-state index contributed by atoms with van der Waals surface area (Å²) in [5, 5.41) is 6.98. The van der Waals surface area contributed by atoms with Crippen molar-refractivity contribution in [2.24, 2.45) is 0 Å². The number of nitrogens with one attached hydrogen (secondary N) is 3. The molecular weight excluding hydrogens is 418 g/mol. The van der Waals surface area contributed by atoms with E-state index in [0.29, 0.717) is 29.5 Å². The number of urea groups is 1. The van der Waals surface area contributed by atoms with Gasteiger partial charge in [0.05, 0.1) is 21.3 Å². The minimum atomic E-state index is -0.298. The quantitative estimate of drug-likeness (QED) is 0.350. The molecule has 7 nitrogen and oxygen atoms in total. The van der Waals surface area contributed by atoms with Gasteiger partial charge in [0.15, 0.2) is 11.5 Å². The van der Waals surface area contributed by atoms with Crippen LogP contribution in [0.4, 0.5) is 10.5 Å². The number of H-pyrrole nitrogens is 1. The van der Waals surface area contributed by atoms with E-state index in [2.05, 4.69) is 21.7 Å². The van der Waals surface area contributed by atoms with Gasteiger partial charge >= 0.3 is 6.03 Å². The van der Waals surface area contributed by atoms with Crippen LogP contribution in [-0.4, -0.2) is 38.9 Å². The molecule has 0 fully saturated rings. The number of hydrogen-bond acceptors (Lipinski definition) is 4. The van der Waals surface area contributed by atoms with Crippen LogP contribution in [-0.2, 0) is 0 Å². The van der Waals surface area contributed by atoms with Gasteiger partial charge in [-0.05, 0) is 41.5 Å². The van der Waals surface area contributed by atoms with E-state index in [0.717, 1.165) is 22.0 Å². The van der Waals surface area contributed by atoms with Crippen LogP contribution in [0.5, 0.6) is 17.2 Å². The summed E-state index contributed by atoms with van der Waals surface area (Å²) >= 11 is 0. The third-order valence-corrected chi connectivity index (χ3v) is 5.60. The molecule has 0 aliphatic carbocycles. The highest BCUT2D eigenvalue weighted by Gasteiger charge is 2.21. The number of carbonyl (C=O) groups is 1. The fourth-order valence-electron chi connectivity index (χ4n) is 3.93. The minimum Gasteiger partial charge on any atom is -0.497 e. The van der Waals surface area contributed by atoms with Crippen LogP contribution in [0.25, 0.3) is 10.9 Å². The van der Waals surface area contributed by atoms with Gasteiger partial charge in [0.2, 0.25) is 0 Å². The second-order valence-electron chi connectivity index (χ2n) is 7.52. The molecule has 4 aromatic rings. The average Bonchev–Trinajstić information content (AvgIpc) is 3.28. The Kier molecular flexibility index (Phi) is 6.69. The van der Waals surface area contributed by atoms with Crippen LogP contribution in [0.15, 0.2) is 72.9 Å². The van der Waals surface area contributed by atoms with Gasteiger partial charge in [-0.25, -0.2) is 4.79 Å². The van der Waals surface area contributed by atoms with Gasteiger partial charge in [0, 0.05) is 41.3 Å². The Morgan fingerprint density at radius 3 is 2.52 bits per heavy atom. The van der Waals surface area contributed by atoms with Crippen molar-refractivity contribution in [3.63, 3.8) is 0 Å². The van der Waals surface area contributed by atoms with Gasteiger partial charge in [-0.1, -0.05) is 30.3 Å². The molecule has 0 bridgehead atoms. The van der Waals surface area contributed by atoms with E-state index >= 15 is 0 Å². The van der Waals surface area contributed by atoms with Gasteiger partial charge in [-0.3, -0.25) is 0 Å². The summed E-state index contributed by atoms with van der Waals surface area (Å²) in [5.41, 5.74) is 3.78. The standard InChI is InChI=1S/C26H27N3O4/c1-31-19-8-6-7-18(14-19)29-26(30)28-15-21(17-11-12-24(32-2)25(13-17)33-3)22-16-27-23-10-5-4-9-20(22)23/h4-14,16,21,27H,15H2,1-3H3,(H2,28,29,30)/t21-/m0/s1. The van der Waals surface area contributed by atoms with Crippen LogP contribution in [0.3, 0.4) is 0 Å². The number of aromatic amines is 1. The molecule has 7 heteroatoms. The maximum Gasteiger partial charge on any atom is 0.319 e. The monoisotopic (exact) mass is 445 g/mol. The number of methoxy groups -OCH3 is 3. The number of fused-ring (bicyclic) bond motifs is 1. The van der Waals surface area contributed by atoms with Gasteiger partial charge < -0.3 is 29.8 Å². The number of carbonyl (C=O) groups excluding carboxylic acids is 1. The van der Waals surface area contributed by atoms with Crippen LogP contribution < -0.4 is 24.8 Å². The zero-order valence-corrected chi connectivity index (χ0v) is 18.8. The SMILES string of the molecule is COc1cccc(NC(=O)NC[C@@H](c2ccc(OC)c(OC)c2)c2c[nH]c3ccccc23)c1. The Morgan fingerprint density at radius 2 is 1.73 bits per heavy atom. The van der Waals surface area contributed by atoms with Crippen LogP contribution in [0.1, 0.15) is 17.0 Å². The molecule has 33 heavy (non-hydrogen) atoms. The molecule has 0 aliphatic rings. The molecule has 3 aromatic carbocycles. The van der Waals surface area contributed by atoms with E-state index in [-0.39, 0.29) is 11.9 Å². The number of para-hydroxylation sites is 1. The Bertz CT molecular complexity index is 1250. The molecule has 0 radical (unpaired) electrons. The molecule has 3 N–H and O–H groups in total. The first-order chi connectivity index (χ1) is 16.1. The number of rotatable bonds is 8. The third kappa shape index (κ3) is 4.87. The lowest BCUT2D eigenvalue weighted by molar-refractivity contribution is 0.252. The molecule has 170 valence electrons. The first kappa shape index (κ1) is 22.1. The lowest BCUT2D eigenvalue weighted by atomic mass is 9.90. The average molecular weight is 446 g/mol. The van der Waals surface area contributed by atoms with Gasteiger partial charge in [0.25, 0.3) is 0 Å². The molecule has 0 saturated heterocycles. The normalized spacial score (nSPS) is 11.6. The molecule has 1 aromatic heterocycles. The number of aromatic nitrogens is 1. The van der Waals surface area contributed by atoms with Gasteiger partial charge in [-0.2, -0.15) is 0 Å². The van der Waals surface area contributed by atoms with Crippen molar-refractivity contribution in [3.8, 4) is 17.2 Å². The van der Waals surface area contributed by atoms with Crippen molar-refractivity contribution in [1.82, 2.24) is 10.3 Å². The van der Waals surface area contributed by atoms with Crippen molar-refractivity contribution in [2.45, 2.75) is 5.92 Å². The summed E-state index contributed by atoms with van der Waals surface area (Å²) in [6.07, 6.45) is 1.99. The molecule has 0 unspecified atom stereocenters. The molecule has 2 amide bonds. The number of benzene rings is 3. The van der Waals surface area contributed by atoms with Crippen molar-refractivity contribution in [2.75, 3.05) is 33.2 Å². The highest BCUT2D eigenvalue weighted by molar-refractivity contribution is 5.90. The lowest BCUT2D eigenvalue weighted by Crippen LogP contribution is -2.32. The second-order valence-corrected chi connectivity index (χ2v) is 7.52. The fraction of sp³-hybridized carbons (Fsp3) is 0.192. The largest absolute Gasteiger partial charge is 0.497 e. The van der Waals surface area contributed by atoms with Crippen LogP contribution in [0, 0.1) is 0 Å². The Morgan fingerprint density at radius 1 is 0.909 bits per heavy atom. The Hall–Kier alpha value is -4.13. The first-order valence-corrected chi connectivity index (χ1v) is 10.6. The van der Waals surface area contributed by atoms with Crippen molar-refractivity contribution < 1.29 is 19.0 Å². The van der Waals surface area contributed by atoms with Gasteiger partial charge in [-0.15, -0.1) is 0 Å². The van der Waals surface area contributed by atoms with Gasteiger partial charge in [0.1, 0.15) is 5.75 Å². The molecule has 4 rings (SSSR count). The number of anilines is 1. The fourth-order valence-corrected chi connectivity index (χ4v) is 3.93. The van der Waals surface area contributed by atoms with E-state index in [1.165, 1.54) is 0 Å². The number of ether oxygens (including phenoxy) is 3. The summed E-state index contributed by atoms with van der Waals surface area (Å²) in [6, 6.07) is 20.9. The van der Waals surface area contributed by atoms with E-state index in [4.69, 9.17) is 14.2 Å². The summed E-state index contributed by atoms with van der Waals surface area (Å²) in [6.45, 7) is 0.382. The van der Waals surface area contributed by atoms with Crippen LogP contribution in [0.2, 0.25) is 0 Å². The predicted octanol–water partition coefficient (Wildman–Crippen LogP) is 5.15. The smallest absolute Gasteiger partial charge is 0.319 e. The summed E-state index contributed by atoms with van der Waals surface area (Å²) in [7, 11) is 4.81. The van der Waals surface area contributed by atoms with Crippen molar-refractivity contribution in [3.05, 3.63) is 84.1 Å². The van der Waals surface area contributed by atoms with Crippen molar-refractivity contribution in [1.29, 1.82) is 0 Å². The minimum absolute atomic E-state index is 0.114. The van der Waals surface area contributed by atoms with Crippen molar-refractivity contribution >= 4 is 22.6 Å². The Balaban J connectivity index is 1.61. The highest BCUT2D eigenvalue weighted by atomic mass is 16.5. The van der Waals surface area contributed by atoms with E-state index in [9.17, 15) is 4.79 Å². The third-order valence-electron chi connectivity index (χ3n) is 5.60. The molecule has 0 aliphatic heterocycles. The molecule has 1 heterocycles. The number of amides is 2. The summed E-state index contributed by atoms with van der Waals surface area (Å²) in [5.74, 6) is 1.86. The van der Waals surface area contributed by atoms with E-state index < -0.39 is 0 Å². The molecule has 1 atom stereocenters. The maximum absolute atomic E-state index is 12.7. The Labute approximate surface area is 192 Å². The van der Waals surface area contributed by atoms with E-state index in [1.807, 2.05) is 60.8 Å². The first-order valence-electron chi connectivity index (χ1n) is 10.6.